The third kappa shape index (κ3) is 3.05. The highest BCUT2D eigenvalue weighted by molar-refractivity contribution is 5.02. The molecule has 1 N–H and O–H groups in total. The summed E-state index contributed by atoms with van der Waals surface area (Å²) in [6.07, 6.45) is 17.2. The second-order valence-corrected chi connectivity index (χ2v) is 6.75. The molecule has 0 radical (unpaired) electrons. The molecular weight excluding hydrogens is 232 g/mol. The van der Waals surface area contributed by atoms with Crippen molar-refractivity contribution in [2.24, 2.45) is 0 Å². The molecule has 3 aliphatic rings. The van der Waals surface area contributed by atoms with Gasteiger partial charge in [0.25, 0.3) is 0 Å². The van der Waals surface area contributed by atoms with Gasteiger partial charge in [-0.25, -0.2) is 0 Å². The van der Waals surface area contributed by atoms with Crippen molar-refractivity contribution in [2.75, 3.05) is 6.54 Å². The molecule has 1 aliphatic carbocycles. The molecule has 2 aliphatic heterocycles. The summed E-state index contributed by atoms with van der Waals surface area (Å²) in [6, 6.07) is 3.40. The number of nitrogens with zero attached hydrogens (tertiary/aromatic N) is 1. The van der Waals surface area contributed by atoms with Crippen LogP contribution in [0, 0.1) is 0 Å². The lowest BCUT2D eigenvalue weighted by Gasteiger charge is -2.53. The molecule has 0 aromatic carbocycles. The van der Waals surface area contributed by atoms with Crippen molar-refractivity contribution in [2.45, 2.75) is 88.9 Å². The number of fused-ring (bicyclic) bond motifs is 2. The lowest BCUT2D eigenvalue weighted by atomic mass is 9.79. The minimum atomic E-state index is 0.797. The smallest absolute Gasteiger partial charge is 0.0139 e. The Labute approximate surface area is 118 Å². The van der Waals surface area contributed by atoms with Crippen LogP contribution in [0.25, 0.3) is 0 Å². The molecule has 2 bridgehead atoms. The molecule has 2 saturated heterocycles. The monoisotopic (exact) mass is 262 g/mol. The first-order chi connectivity index (χ1) is 9.38. The maximum absolute atomic E-state index is 3.78. The molecule has 3 rings (SSSR count). The van der Waals surface area contributed by atoms with Gasteiger partial charge in [0.05, 0.1) is 0 Å². The molecule has 0 spiro atoms. The predicted octanol–water partition coefficient (Wildman–Crippen LogP) is 3.48. The standard InChI is InChI=1S/C17H30N2/c1-2-11-18-14-12-16-9-6-10-17(13-14)19(16)15-7-4-3-5-8-15/h3-4,14-18H,2,5-13H2,1H3. The summed E-state index contributed by atoms with van der Waals surface area (Å²) in [7, 11) is 0. The normalized spacial score (nSPS) is 39.4. The summed E-state index contributed by atoms with van der Waals surface area (Å²) in [5.74, 6) is 0. The first-order valence-corrected chi connectivity index (χ1v) is 8.54. The van der Waals surface area contributed by atoms with E-state index in [1.54, 1.807) is 0 Å². The van der Waals surface area contributed by atoms with Gasteiger partial charge in [0, 0.05) is 24.2 Å². The van der Waals surface area contributed by atoms with Crippen molar-refractivity contribution in [1.29, 1.82) is 0 Å². The average Bonchev–Trinajstić information content (AvgIpc) is 2.45. The minimum absolute atomic E-state index is 0.797. The zero-order chi connectivity index (χ0) is 13.1. The van der Waals surface area contributed by atoms with Gasteiger partial charge in [-0.1, -0.05) is 25.5 Å². The van der Waals surface area contributed by atoms with E-state index in [9.17, 15) is 0 Å². The molecule has 3 atom stereocenters. The molecule has 0 amide bonds. The quantitative estimate of drug-likeness (QED) is 0.780. The van der Waals surface area contributed by atoms with Gasteiger partial charge < -0.3 is 5.32 Å². The van der Waals surface area contributed by atoms with E-state index < -0.39 is 0 Å². The van der Waals surface area contributed by atoms with Crippen LogP contribution in [0.2, 0.25) is 0 Å². The summed E-state index contributed by atoms with van der Waals surface area (Å²) in [4.78, 5) is 2.94. The lowest BCUT2D eigenvalue weighted by molar-refractivity contribution is -0.0134. The van der Waals surface area contributed by atoms with Crippen LogP contribution < -0.4 is 5.32 Å². The Hall–Kier alpha value is -0.340. The Morgan fingerprint density at radius 2 is 1.84 bits per heavy atom. The van der Waals surface area contributed by atoms with Gasteiger partial charge >= 0.3 is 0 Å². The van der Waals surface area contributed by atoms with Crippen LogP contribution >= 0.6 is 0 Å². The van der Waals surface area contributed by atoms with Crippen molar-refractivity contribution < 1.29 is 0 Å². The summed E-state index contributed by atoms with van der Waals surface area (Å²) >= 11 is 0. The number of hydrogen-bond acceptors (Lipinski definition) is 2. The van der Waals surface area contributed by atoms with Crippen LogP contribution in [0.5, 0.6) is 0 Å². The highest BCUT2D eigenvalue weighted by atomic mass is 15.2. The third-order valence-electron chi connectivity index (χ3n) is 5.38. The predicted molar refractivity (Wildman–Crippen MR) is 81.4 cm³/mol. The van der Waals surface area contributed by atoms with Gasteiger partial charge in [0.15, 0.2) is 0 Å². The first-order valence-electron chi connectivity index (χ1n) is 8.54. The molecule has 3 unspecified atom stereocenters. The number of nitrogens with one attached hydrogen (secondary N) is 1. The van der Waals surface area contributed by atoms with Crippen LogP contribution in [0.4, 0.5) is 0 Å². The van der Waals surface area contributed by atoms with E-state index in [-0.39, 0.29) is 0 Å². The second kappa shape index (κ2) is 6.41. The SMILES string of the molecule is CCCNC1CC2CCCC(C1)N2C1CC=CCC1. The van der Waals surface area contributed by atoms with E-state index in [0.717, 1.165) is 24.2 Å². The fourth-order valence-corrected chi connectivity index (χ4v) is 4.58. The Balaban J connectivity index is 1.64. The van der Waals surface area contributed by atoms with E-state index in [1.165, 1.54) is 64.3 Å². The summed E-state index contributed by atoms with van der Waals surface area (Å²) in [5, 5.41) is 3.78. The molecule has 2 nitrogen and oxygen atoms in total. The van der Waals surface area contributed by atoms with Crippen LogP contribution in [-0.4, -0.2) is 35.6 Å². The number of hydrogen-bond donors (Lipinski definition) is 1. The van der Waals surface area contributed by atoms with E-state index in [1.807, 2.05) is 0 Å². The summed E-state index contributed by atoms with van der Waals surface area (Å²) < 4.78 is 0. The maximum atomic E-state index is 3.78. The van der Waals surface area contributed by atoms with Crippen molar-refractivity contribution in [3.8, 4) is 0 Å². The van der Waals surface area contributed by atoms with E-state index >= 15 is 0 Å². The van der Waals surface area contributed by atoms with Crippen molar-refractivity contribution in [3.05, 3.63) is 12.2 Å². The number of piperidine rings is 2. The third-order valence-corrected chi connectivity index (χ3v) is 5.38. The van der Waals surface area contributed by atoms with Crippen LogP contribution in [-0.2, 0) is 0 Å². The number of allylic oxidation sites excluding steroid dienone is 1. The molecule has 2 heterocycles. The van der Waals surface area contributed by atoms with E-state index in [2.05, 4.69) is 29.3 Å². The maximum Gasteiger partial charge on any atom is 0.0139 e. The van der Waals surface area contributed by atoms with Gasteiger partial charge in [-0.2, -0.15) is 0 Å². The van der Waals surface area contributed by atoms with Gasteiger partial charge in [-0.05, 0) is 57.9 Å². The second-order valence-electron chi connectivity index (χ2n) is 6.75. The molecule has 0 saturated carbocycles. The van der Waals surface area contributed by atoms with Crippen LogP contribution in [0.3, 0.4) is 0 Å². The first kappa shape index (κ1) is 13.6. The highest BCUT2D eigenvalue weighted by Gasteiger charge is 2.40. The topological polar surface area (TPSA) is 15.3 Å². The molecule has 2 heteroatoms. The van der Waals surface area contributed by atoms with Crippen molar-refractivity contribution >= 4 is 0 Å². The van der Waals surface area contributed by atoms with Gasteiger partial charge in [-0.15, -0.1) is 0 Å². The molecule has 0 aromatic heterocycles. The largest absolute Gasteiger partial charge is 0.314 e. The fraction of sp³-hybridized carbons (Fsp3) is 0.882. The van der Waals surface area contributed by atoms with Gasteiger partial charge in [0.1, 0.15) is 0 Å². The Morgan fingerprint density at radius 1 is 1.05 bits per heavy atom. The molecule has 108 valence electrons. The van der Waals surface area contributed by atoms with E-state index in [0.29, 0.717) is 0 Å². The van der Waals surface area contributed by atoms with Crippen LogP contribution in [0.15, 0.2) is 12.2 Å². The van der Waals surface area contributed by atoms with Gasteiger partial charge in [-0.3, -0.25) is 4.90 Å². The highest BCUT2D eigenvalue weighted by Crippen LogP contribution is 2.38. The van der Waals surface area contributed by atoms with Crippen molar-refractivity contribution in [1.82, 2.24) is 10.2 Å². The van der Waals surface area contributed by atoms with Crippen molar-refractivity contribution in [3.63, 3.8) is 0 Å². The van der Waals surface area contributed by atoms with Crippen LogP contribution in [0.1, 0.15) is 64.7 Å². The Morgan fingerprint density at radius 3 is 2.47 bits per heavy atom. The molecular formula is C17H30N2. The Bertz CT molecular complexity index is 298. The lowest BCUT2D eigenvalue weighted by Crippen LogP contribution is -2.59. The fourth-order valence-electron chi connectivity index (χ4n) is 4.58. The minimum Gasteiger partial charge on any atom is -0.314 e. The Kier molecular flexibility index (Phi) is 4.60. The van der Waals surface area contributed by atoms with E-state index in [4.69, 9.17) is 0 Å². The average molecular weight is 262 g/mol. The number of rotatable bonds is 4. The molecule has 19 heavy (non-hydrogen) atoms. The molecule has 2 fully saturated rings. The summed E-state index contributed by atoms with van der Waals surface area (Å²) in [5.41, 5.74) is 0. The zero-order valence-corrected chi connectivity index (χ0v) is 12.5. The summed E-state index contributed by atoms with van der Waals surface area (Å²) in [6.45, 7) is 3.48. The zero-order valence-electron chi connectivity index (χ0n) is 12.5. The van der Waals surface area contributed by atoms with Gasteiger partial charge in [0.2, 0.25) is 0 Å². The molecule has 0 aromatic rings.